The van der Waals surface area contributed by atoms with Gasteiger partial charge in [-0.1, -0.05) is 84.0 Å². The maximum atomic E-state index is 12.2. The zero-order chi connectivity index (χ0) is 24.0. The standard InChI is InChI=1S/C24H47N3O5/c1-2-3-4-5-6-7-8-9-10-11-12-15-18-32-24(31)21(19-22(28)29)27-23(30)20(26)16-13-14-17-25/h20-21H,2-19,25-26H2,1H3,(H,27,30)(H,28,29). The molecule has 0 saturated carbocycles. The van der Waals surface area contributed by atoms with Gasteiger partial charge >= 0.3 is 11.9 Å². The molecule has 0 radical (unpaired) electrons. The van der Waals surface area contributed by atoms with Gasteiger partial charge < -0.3 is 26.6 Å². The molecule has 0 aliphatic rings. The van der Waals surface area contributed by atoms with Crippen LogP contribution >= 0.6 is 0 Å². The van der Waals surface area contributed by atoms with Gasteiger partial charge in [0.1, 0.15) is 6.04 Å². The van der Waals surface area contributed by atoms with Gasteiger partial charge in [0.25, 0.3) is 0 Å². The fourth-order valence-corrected chi connectivity index (χ4v) is 3.50. The van der Waals surface area contributed by atoms with Crippen LogP contribution in [0.4, 0.5) is 0 Å². The number of nitrogens with one attached hydrogen (secondary N) is 1. The van der Waals surface area contributed by atoms with Crippen molar-refractivity contribution in [3.05, 3.63) is 0 Å². The first kappa shape index (κ1) is 30.3. The lowest BCUT2D eigenvalue weighted by Gasteiger charge is -2.18. The minimum Gasteiger partial charge on any atom is -0.481 e. The van der Waals surface area contributed by atoms with Gasteiger partial charge in [0.2, 0.25) is 5.91 Å². The van der Waals surface area contributed by atoms with Crippen LogP contribution in [0.3, 0.4) is 0 Å². The molecule has 0 aromatic carbocycles. The number of amides is 1. The molecule has 0 spiro atoms. The van der Waals surface area contributed by atoms with E-state index in [4.69, 9.17) is 21.3 Å². The number of carboxylic acids is 1. The third-order valence-electron chi connectivity index (χ3n) is 5.53. The molecule has 6 N–H and O–H groups in total. The Labute approximate surface area is 194 Å². The average molecular weight is 458 g/mol. The number of carbonyl (C=O) groups excluding carboxylic acids is 2. The topological polar surface area (TPSA) is 145 Å². The number of nitrogens with two attached hydrogens (primary N) is 2. The largest absolute Gasteiger partial charge is 0.481 e. The van der Waals surface area contributed by atoms with Gasteiger partial charge in [-0.05, 0) is 25.8 Å². The molecule has 1 amide bonds. The van der Waals surface area contributed by atoms with E-state index in [-0.39, 0.29) is 6.61 Å². The van der Waals surface area contributed by atoms with Gasteiger partial charge in [-0.15, -0.1) is 0 Å². The summed E-state index contributed by atoms with van der Waals surface area (Å²) < 4.78 is 5.20. The summed E-state index contributed by atoms with van der Waals surface area (Å²) in [5.41, 5.74) is 11.2. The smallest absolute Gasteiger partial charge is 0.329 e. The van der Waals surface area contributed by atoms with Gasteiger partial charge in [-0.25, -0.2) is 4.79 Å². The van der Waals surface area contributed by atoms with E-state index in [1.165, 1.54) is 57.8 Å². The quantitative estimate of drug-likeness (QED) is 0.143. The third kappa shape index (κ3) is 18.0. The predicted molar refractivity (Wildman–Crippen MR) is 127 cm³/mol. The number of carboxylic acid groups (broad SMARTS) is 1. The SMILES string of the molecule is CCCCCCCCCCCCCCOC(=O)C(CC(=O)O)NC(=O)C(N)CCCCN. The molecule has 32 heavy (non-hydrogen) atoms. The normalized spacial score (nSPS) is 12.8. The second kappa shape index (κ2) is 21.2. The highest BCUT2D eigenvalue weighted by molar-refractivity contribution is 5.89. The Morgan fingerprint density at radius 3 is 1.88 bits per heavy atom. The van der Waals surface area contributed by atoms with Crippen molar-refractivity contribution in [2.24, 2.45) is 11.5 Å². The first-order chi connectivity index (χ1) is 15.4. The highest BCUT2D eigenvalue weighted by Crippen LogP contribution is 2.12. The summed E-state index contributed by atoms with van der Waals surface area (Å²) in [5.74, 6) is -2.46. The van der Waals surface area contributed by atoms with Crippen molar-refractivity contribution in [3.63, 3.8) is 0 Å². The first-order valence-corrected chi connectivity index (χ1v) is 12.6. The van der Waals surface area contributed by atoms with Crippen LogP contribution in [0.1, 0.15) is 110 Å². The highest BCUT2D eigenvalue weighted by atomic mass is 16.5. The fourth-order valence-electron chi connectivity index (χ4n) is 3.50. The Morgan fingerprint density at radius 2 is 1.38 bits per heavy atom. The number of esters is 1. The van der Waals surface area contributed by atoms with E-state index in [9.17, 15) is 14.4 Å². The van der Waals surface area contributed by atoms with Gasteiger partial charge in [-0.2, -0.15) is 0 Å². The second-order valence-corrected chi connectivity index (χ2v) is 8.61. The Hall–Kier alpha value is -1.67. The number of ether oxygens (including phenoxy) is 1. The molecular formula is C24H47N3O5. The first-order valence-electron chi connectivity index (χ1n) is 12.6. The molecule has 0 bridgehead atoms. The minimum absolute atomic E-state index is 0.227. The molecule has 0 aromatic heterocycles. The van der Waals surface area contributed by atoms with Crippen LogP contribution in [0, 0.1) is 0 Å². The number of unbranched alkanes of at least 4 members (excludes halogenated alkanes) is 12. The molecule has 2 atom stereocenters. The third-order valence-corrected chi connectivity index (χ3v) is 5.53. The minimum atomic E-state index is -1.22. The number of rotatable bonds is 22. The zero-order valence-corrected chi connectivity index (χ0v) is 20.1. The van der Waals surface area contributed by atoms with E-state index < -0.39 is 36.4 Å². The van der Waals surface area contributed by atoms with Crippen LogP contribution in [0.2, 0.25) is 0 Å². The molecule has 0 rings (SSSR count). The molecule has 0 aliphatic carbocycles. The molecule has 2 unspecified atom stereocenters. The molecule has 8 heteroatoms. The summed E-state index contributed by atoms with van der Waals surface area (Å²) in [6, 6.07) is -2.03. The highest BCUT2D eigenvalue weighted by Gasteiger charge is 2.27. The number of aliphatic carboxylic acids is 1. The Morgan fingerprint density at radius 1 is 0.844 bits per heavy atom. The van der Waals surface area contributed by atoms with Crippen molar-refractivity contribution in [1.29, 1.82) is 0 Å². The van der Waals surface area contributed by atoms with Gasteiger partial charge in [0.15, 0.2) is 0 Å². The molecule has 0 aliphatic heterocycles. The lowest BCUT2D eigenvalue weighted by molar-refractivity contribution is -0.152. The van der Waals surface area contributed by atoms with Crippen LogP contribution < -0.4 is 16.8 Å². The Bertz CT molecular complexity index is 502. The van der Waals surface area contributed by atoms with E-state index in [2.05, 4.69) is 12.2 Å². The molecule has 0 saturated heterocycles. The van der Waals surface area contributed by atoms with Gasteiger partial charge in [0.05, 0.1) is 19.1 Å². The fraction of sp³-hybridized carbons (Fsp3) is 0.875. The Balaban J connectivity index is 3.96. The van der Waals surface area contributed by atoms with Crippen LogP contribution in [0.5, 0.6) is 0 Å². The van der Waals surface area contributed by atoms with Crippen molar-refractivity contribution in [3.8, 4) is 0 Å². The van der Waals surface area contributed by atoms with E-state index in [1.807, 2.05) is 0 Å². The van der Waals surface area contributed by atoms with Crippen molar-refractivity contribution < 1.29 is 24.2 Å². The maximum Gasteiger partial charge on any atom is 0.329 e. The van der Waals surface area contributed by atoms with Crippen molar-refractivity contribution >= 4 is 17.8 Å². The van der Waals surface area contributed by atoms with Crippen molar-refractivity contribution in [2.45, 2.75) is 122 Å². The van der Waals surface area contributed by atoms with Crippen LogP contribution in [0.15, 0.2) is 0 Å². The summed E-state index contributed by atoms with van der Waals surface area (Å²) in [5, 5.41) is 11.5. The summed E-state index contributed by atoms with van der Waals surface area (Å²) in [6.07, 6.45) is 15.8. The predicted octanol–water partition coefficient (Wildman–Crippen LogP) is 3.65. The zero-order valence-electron chi connectivity index (χ0n) is 20.1. The number of hydrogen-bond acceptors (Lipinski definition) is 6. The summed E-state index contributed by atoms with van der Waals surface area (Å²) in [7, 11) is 0. The van der Waals surface area contributed by atoms with Gasteiger partial charge in [0, 0.05) is 0 Å². The summed E-state index contributed by atoms with van der Waals surface area (Å²) in [6.45, 7) is 2.97. The molecule has 0 heterocycles. The van der Waals surface area contributed by atoms with Crippen LogP contribution in [-0.4, -0.2) is 48.2 Å². The summed E-state index contributed by atoms with van der Waals surface area (Å²) >= 11 is 0. The van der Waals surface area contributed by atoms with Crippen molar-refractivity contribution in [2.75, 3.05) is 13.2 Å². The van der Waals surface area contributed by atoms with E-state index in [1.54, 1.807) is 0 Å². The number of hydrogen-bond donors (Lipinski definition) is 4. The van der Waals surface area contributed by atoms with E-state index in [0.717, 1.165) is 25.7 Å². The molecule has 8 nitrogen and oxygen atoms in total. The number of carbonyl (C=O) groups is 3. The molecule has 188 valence electrons. The second-order valence-electron chi connectivity index (χ2n) is 8.61. The lowest BCUT2D eigenvalue weighted by atomic mass is 10.1. The summed E-state index contributed by atoms with van der Waals surface area (Å²) in [4.78, 5) is 35.5. The van der Waals surface area contributed by atoms with Crippen LogP contribution in [-0.2, 0) is 19.1 Å². The average Bonchev–Trinajstić information content (AvgIpc) is 2.76. The Kier molecular flexibility index (Phi) is 20.1. The van der Waals surface area contributed by atoms with E-state index in [0.29, 0.717) is 19.4 Å². The molecule has 0 fully saturated rings. The van der Waals surface area contributed by atoms with E-state index >= 15 is 0 Å². The molecule has 0 aromatic rings. The van der Waals surface area contributed by atoms with Crippen LogP contribution in [0.25, 0.3) is 0 Å². The maximum absolute atomic E-state index is 12.2. The van der Waals surface area contributed by atoms with Crippen molar-refractivity contribution in [1.82, 2.24) is 5.32 Å². The monoisotopic (exact) mass is 457 g/mol. The van der Waals surface area contributed by atoms with Gasteiger partial charge in [-0.3, -0.25) is 9.59 Å². The lowest BCUT2D eigenvalue weighted by Crippen LogP contribution is -2.49. The molecular weight excluding hydrogens is 410 g/mol.